The molecule has 0 saturated carbocycles. The molecule has 0 bridgehead atoms. The summed E-state index contributed by atoms with van der Waals surface area (Å²) in [6.45, 7) is 6.22. The van der Waals surface area contributed by atoms with Crippen molar-refractivity contribution in [1.29, 1.82) is 0 Å². The number of rotatable bonds is 7. The molecule has 0 aliphatic heterocycles. The fourth-order valence-corrected chi connectivity index (χ4v) is 3.15. The first-order valence-electron chi connectivity index (χ1n) is 9.52. The number of nitrogens with zero attached hydrogens (tertiary/aromatic N) is 1. The van der Waals surface area contributed by atoms with Crippen molar-refractivity contribution in [1.82, 2.24) is 10.3 Å². The van der Waals surface area contributed by atoms with E-state index in [1.165, 1.54) is 0 Å². The Kier molecular flexibility index (Phi) is 6.43. The summed E-state index contributed by atoms with van der Waals surface area (Å²) in [6.07, 6.45) is 3.46. The lowest BCUT2D eigenvalue weighted by atomic mass is 9.99. The maximum absolute atomic E-state index is 12.7. The van der Waals surface area contributed by atoms with Crippen molar-refractivity contribution >= 4 is 5.91 Å². The van der Waals surface area contributed by atoms with E-state index in [9.17, 15) is 4.79 Å². The van der Waals surface area contributed by atoms with Crippen LogP contribution in [0.25, 0.3) is 0 Å². The van der Waals surface area contributed by atoms with Crippen LogP contribution in [-0.2, 0) is 4.79 Å². The zero-order chi connectivity index (χ0) is 19.9. The largest absolute Gasteiger partial charge is 0.483 e. The minimum atomic E-state index is -0.248. The number of nitrogens with one attached hydrogen (secondary N) is 1. The summed E-state index contributed by atoms with van der Waals surface area (Å²) in [7, 11) is 0. The fourth-order valence-electron chi connectivity index (χ4n) is 3.15. The van der Waals surface area contributed by atoms with Crippen LogP contribution >= 0.6 is 0 Å². The SMILES string of the molecule is Cc1ccc(C(C)C)c(OCC(=O)N[C@H](c2ccccc2)c2ccncc2)c1. The normalized spacial score (nSPS) is 11.9. The van der Waals surface area contributed by atoms with Crippen molar-refractivity contribution in [2.75, 3.05) is 6.61 Å². The van der Waals surface area contributed by atoms with Crippen LogP contribution in [0.4, 0.5) is 0 Å². The molecule has 28 heavy (non-hydrogen) atoms. The van der Waals surface area contributed by atoms with Crippen molar-refractivity contribution in [3.8, 4) is 5.75 Å². The van der Waals surface area contributed by atoms with Gasteiger partial charge in [0.05, 0.1) is 6.04 Å². The van der Waals surface area contributed by atoms with E-state index in [1.807, 2.05) is 55.5 Å². The maximum atomic E-state index is 12.7. The number of amides is 1. The lowest BCUT2D eigenvalue weighted by molar-refractivity contribution is -0.123. The van der Waals surface area contributed by atoms with Crippen molar-refractivity contribution < 1.29 is 9.53 Å². The molecule has 0 aliphatic carbocycles. The van der Waals surface area contributed by atoms with Crippen LogP contribution in [0.2, 0.25) is 0 Å². The van der Waals surface area contributed by atoms with Gasteiger partial charge in [0.1, 0.15) is 5.75 Å². The molecule has 0 radical (unpaired) electrons. The maximum Gasteiger partial charge on any atom is 0.258 e. The number of benzene rings is 2. The zero-order valence-electron chi connectivity index (χ0n) is 16.6. The third-order valence-corrected chi connectivity index (χ3v) is 4.63. The lowest BCUT2D eigenvalue weighted by Gasteiger charge is -2.20. The van der Waals surface area contributed by atoms with Crippen molar-refractivity contribution in [3.05, 3.63) is 95.3 Å². The molecule has 1 atom stereocenters. The molecular weight excluding hydrogens is 348 g/mol. The Morgan fingerprint density at radius 3 is 2.36 bits per heavy atom. The van der Waals surface area contributed by atoms with Gasteiger partial charge in [-0.1, -0.05) is 56.3 Å². The van der Waals surface area contributed by atoms with E-state index in [0.29, 0.717) is 5.92 Å². The highest BCUT2D eigenvalue weighted by atomic mass is 16.5. The number of pyridine rings is 1. The Hall–Kier alpha value is -3.14. The number of ether oxygens (including phenoxy) is 1. The zero-order valence-corrected chi connectivity index (χ0v) is 16.6. The molecule has 1 aromatic heterocycles. The molecule has 0 unspecified atom stereocenters. The second-order valence-electron chi connectivity index (χ2n) is 7.18. The molecular formula is C24H26N2O2. The number of aromatic nitrogens is 1. The topological polar surface area (TPSA) is 51.2 Å². The summed E-state index contributed by atoms with van der Waals surface area (Å²) in [5.41, 5.74) is 4.21. The minimum absolute atomic E-state index is 0.0302. The van der Waals surface area contributed by atoms with E-state index in [0.717, 1.165) is 28.0 Å². The molecule has 3 aromatic rings. The van der Waals surface area contributed by atoms with Gasteiger partial charge in [-0.3, -0.25) is 9.78 Å². The van der Waals surface area contributed by atoms with Crippen LogP contribution in [-0.4, -0.2) is 17.5 Å². The van der Waals surface area contributed by atoms with Gasteiger partial charge < -0.3 is 10.1 Å². The van der Waals surface area contributed by atoms with Gasteiger partial charge in [0.2, 0.25) is 0 Å². The molecule has 4 nitrogen and oxygen atoms in total. The highest BCUT2D eigenvalue weighted by molar-refractivity contribution is 5.78. The van der Waals surface area contributed by atoms with Crippen LogP contribution in [0, 0.1) is 6.92 Å². The first-order valence-corrected chi connectivity index (χ1v) is 9.52. The predicted octanol–water partition coefficient (Wildman–Crippen LogP) is 4.80. The Bertz CT molecular complexity index is 869. The first-order chi connectivity index (χ1) is 13.5. The van der Waals surface area contributed by atoms with Gasteiger partial charge in [-0.05, 0) is 53.3 Å². The molecule has 0 spiro atoms. The lowest BCUT2D eigenvalue weighted by Crippen LogP contribution is -2.33. The van der Waals surface area contributed by atoms with Crippen LogP contribution in [0.15, 0.2) is 73.1 Å². The molecule has 2 aromatic carbocycles. The average molecular weight is 374 g/mol. The van der Waals surface area contributed by atoms with Crippen LogP contribution in [0.1, 0.15) is 48.1 Å². The summed E-state index contributed by atoms with van der Waals surface area (Å²) >= 11 is 0. The van der Waals surface area contributed by atoms with E-state index in [2.05, 4.69) is 36.3 Å². The quantitative estimate of drug-likeness (QED) is 0.646. The van der Waals surface area contributed by atoms with Crippen molar-refractivity contribution in [2.24, 2.45) is 0 Å². The minimum Gasteiger partial charge on any atom is -0.483 e. The van der Waals surface area contributed by atoms with Gasteiger partial charge in [0, 0.05) is 12.4 Å². The van der Waals surface area contributed by atoms with Gasteiger partial charge in [0.25, 0.3) is 5.91 Å². The molecule has 1 heterocycles. The molecule has 4 heteroatoms. The monoisotopic (exact) mass is 374 g/mol. The molecule has 1 N–H and O–H groups in total. The van der Waals surface area contributed by atoms with Gasteiger partial charge in [-0.25, -0.2) is 0 Å². The third-order valence-electron chi connectivity index (χ3n) is 4.63. The second kappa shape index (κ2) is 9.18. The van der Waals surface area contributed by atoms with E-state index < -0.39 is 0 Å². The van der Waals surface area contributed by atoms with Crippen molar-refractivity contribution in [2.45, 2.75) is 32.7 Å². The van der Waals surface area contributed by atoms with E-state index in [1.54, 1.807) is 12.4 Å². The standard InChI is InChI=1S/C24H26N2O2/c1-17(2)21-10-9-18(3)15-22(21)28-16-23(27)26-24(19-7-5-4-6-8-19)20-11-13-25-14-12-20/h4-15,17,24H,16H2,1-3H3,(H,26,27)/t24-/m1/s1. The van der Waals surface area contributed by atoms with E-state index in [4.69, 9.17) is 4.74 Å². The van der Waals surface area contributed by atoms with Crippen LogP contribution in [0.5, 0.6) is 5.75 Å². The number of carbonyl (C=O) groups is 1. The molecule has 144 valence electrons. The molecule has 0 fully saturated rings. The Labute approximate surface area is 166 Å². The first kappa shape index (κ1) is 19.6. The number of aryl methyl sites for hydroxylation is 1. The second-order valence-corrected chi connectivity index (χ2v) is 7.18. The predicted molar refractivity (Wildman–Crippen MR) is 111 cm³/mol. The van der Waals surface area contributed by atoms with E-state index in [-0.39, 0.29) is 18.6 Å². The summed E-state index contributed by atoms with van der Waals surface area (Å²) in [4.78, 5) is 16.8. The number of carbonyl (C=O) groups excluding carboxylic acids is 1. The Morgan fingerprint density at radius 1 is 1.00 bits per heavy atom. The highest BCUT2D eigenvalue weighted by Gasteiger charge is 2.17. The summed E-state index contributed by atoms with van der Waals surface area (Å²) in [6, 6.07) is 19.6. The Morgan fingerprint density at radius 2 is 1.68 bits per heavy atom. The fraction of sp³-hybridized carbons (Fsp3) is 0.250. The van der Waals surface area contributed by atoms with Gasteiger partial charge in [-0.15, -0.1) is 0 Å². The molecule has 1 amide bonds. The summed E-state index contributed by atoms with van der Waals surface area (Å²) in [5.74, 6) is 0.930. The van der Waals surface area contributed by atoms with Gasteiger partial charge in [0.15, 0.2) is 6.61 Å². The van der Waals surface area contributed by atoms with Crippen molar-refractivity contribution in [3.63, 3.8) is 0 Å². The number of hydrogen-bond donors (Lipinski definition) is 1. The van der Waals surface area contributed by atoms with Gasteiger partial charge in [-0.2, -0.15) is 0 Å². The molecule has 0 aliphatic rings. The number of hydrogen-bond acceptors (Lipinski definition) is 3. The summed E-state index contributed by atoms with van der Waals surface area (Å²) in [5, 5.41) is 3.09. The smallest absolute Gasteiger partial charge is 0.258 e. The average Bonchev–Trinajstić information content (AvgIpc) is 2.71. The molecule has 0 saturated heterocycles. The van der Waals surface area contributed by atoms with Crippen LogP contribution in [0.3, 0.4) is 0 Å². The van der Waals surface area contributed by atoms with Gasteiger partial charge >= 0.3 is 0 Å². The Balaban J connectivity index is 1.74. The summed E-state index contributed by atoms with van der Waals surface area (Å²) < 4.78 is 5.89. The van der Waals surface area contributed by atoms with Crippen LogP contribution < -0.4 is 10.1 Å². The molecule has 3 rings (SSSR count). The third kappa shape index (κ3) is 4.97. The van der Waals surface area contributed by atoms with E-state index >= 15 is 0 Å². The highest BCUT2D eigenvalue weighted by Crippen LogP contribution is 2.27.